The Labute approximate surface area is 83.7 Å². The summed E-state index contributed by atoms with van der Waals surface area (Å²) < 4.78 is 73.6. The molecule has 0 aromatic heterocycles. The zero-order chi connectivity index (χ0) is 11.9. The van der Waals surface area contributed by atoms with E-state index in [1.165, 1.54) is 7.85 Å². The summed E-state index contributed by atoms with van der Waals surface area (Å²) in [6.45, 7) is 0. The predicted molar refractivity (Wildman–Crippen MR) is 45.2 cm³/mol. The molecule has 0 radical (unpaired) electrons. The van der Waals surface area contributed by atoms with Gasteiger partial charge in [0.05, 0.1) is 5.92 Å². The molecule has 1 rings (SSSR count). The fraction of sp³-hybridized carbons (Fsp3) is 0.750. The molecular formula is C8H9BF6. The number of alkyl halides is 6. The summed E-state index contributed by atoms with van der Waals surface area (Å²) >= 11 is 0. The molecule has 0 saturated carbocycles. The highest BCUT2D eigenvalue weighted by Gasteiger charge is 2.46. The molecule has 0 N–H and O–H groups in total. The summed E-state index contributed by atoms with van der Waals surface area (Å²) in [7, 11) is 1.36. The summed E-state index contributed by atoms with van der Waals surface area (Å²) in [6, 6.07) is 0. The van der Waals surface area contributed by atoms with Gasteiger partial charge in [0.25, 0.3) is 0 Å². The van der Waals surface area contributed by atoms with Crippen LogP contribution in [-0.2, 0) is 0 Å². The predicted octanol–water partition coefficient (Wildman–Crippen LogP) is 2.87. The van der Waals surface area contributed by atoms with Crippen molar-refractivity contribution in [2.24, 2.45) is 5.92 Å². The molecule has 86 valence electrons. The maximum atomic E-state index is 12.3. The van der Waals surface area contributed by atoms with Crippen molar-refractivity contribution in [3.63, 3.8) is 0 Å². The molecule has 0 aromatic carbocycles. The fourth-order valence-electron chi connectivity index (χ4n) is 1.74. The van der Waals surface area contributed by atoms with Gasteiger partial charge in [-0.1, -0.05) is 11.9 Å². The Bertz CT molecular complexity index is 263. The van der Waals surface area contributed by atoms with Crippen LogP contribution < -0.4 is 0 Å². The van der Waals surface area contributed by atoms with Gasteiger partial charge in [0.2, 0.25) is 0 Å². The summed E-state index contributed by atoms with van der Waals surface area (Å²) in [4.78, 5) is 0. The van der Waals surface area contributed by atoms with Gasteiger partial charge in [-0.25, -0.2) is 0 Å². The van der Waals surface area contributed by atoms with Gasteiger partial charge in [-0.05, 0) is 12.8 Å². The standard InChI is InChI=1S/C8H9BF6/c9-6-2-4(7(10,11)12)1-5(3-6)8(13,14)15/h2,5-6H,1,3,9H2. The van der Waals surface area contributed by atoms with Gasteiger partial charge in [-0.3, -0.25) is 0 Å². The van der Waals surface area contributed by atoms with E-state index >= 15 is 0 Å². The molecule has 1 aliphatic carbocycles. The Hall–Kier alpha value is -0.615. The monoisotopic (exact) mass is 230 g/mol. The Morgan fingerprint density at radius 1 is 1.13 bits per heavy atom. The highest BCUT2D eigenvalue weighted by molar-refractivity contribution is 6.13. The van der Waals surface area contributed by atoms with Gasteiger partial charge in [0.1, 0.15) is 7.85 Å². The lowest BCUT2D eigenvalue weighted by atomic mass is 9.72. The number of rotatable bonds is 0. The normalized spacial score (nSPS) is 28.8. The highest BCUT2D eigenvalue weighted by atomic mass is 19.4. The number of hydrogen-bond donors (Lipinski definition) is 0. The van der Waals surface area contributed by atoms with Crippen LogP contribution in [0.5, 0.6) is 0 Å². The minimum atomic E-state index is -4.64. The Morgan fingerprint density at radius 2 is 1.67 bits per heavy atom. The third kappa shape index (κ3) is 3.17. The Balaban J connectivity index is 2.86. The van der Waals surface area contributed by atoms with Crippen LogP contribution in [-0.4, -0.2) is 20.2 Å². The van der Waals surface area contributed by atoms with E-state index < -0.39 is 36.1 Å². The smallest absolute Gasteiger partial charge is 0.171 e. The Kier molecular flexibility index (Phi) is 3.12. The summed E-state index contributed by atoms with van der Waals surface area (Å²) in [5.41, 5.74) is -1.05. The lowest BCUT2D eigenvalue weighted by Gasteiger charge is -2.29. The van der Waals surface area contributed by atoms with E-state index in [2.05, 4.69) is 0 Å². The third-order valence-corrected chi connectivity index (χ3v) is 2.44. The first kappa shape index (κ1) is 12.5. The van der Waals surface area contributed by atoms with Crippen LogP contribution in [0.1, 0.15) is 12.8 Å². The second-order valence-electron chi connectivity index (χ2n) is 3.85. The number of hydrogen-bond acceptors (Lipinski definition) is 0. The van der Waals surface area contributed by atoms with Crippen LogP contribution in [0.25, 0.3) is 0 Å². The van der Waals surface area contributed by atoms with E-state index in [1.807, 2.05) is 0 Å². The van der Waals surface area contributed by atoms with E-state index in [0.29, 0.717) is 0 Å². The molecular weight excluding hydrogens is 221 g/mol. The molecule has 2 unspecified atom stereocenters. The molecule has 0 spiro atoms. The maximum Gasteiger partial charge on any atom is 0.412 e. The second kappa shape index (κ2) is 3.75. The van der Waals surface area contributed by atoms with Crippen LogP contribution in [0.2, 0.25) is 5.82 Å². The molecule has 1 aliphatic rings. The lowest BCUT2D eigenvalue weighted by molar-refractivity contribution is -0.181. The maximum absolute atomic E-state index is 12.3. The van der Waals surface area contributed by atoms with Crippen molar-refractivity contribution in [3.8, 4) is 0 Å². The van der Waals surface area contributed by atoms with Crippen molar-refractivity contribution in [2.45, 2.75) is 31.0 Å². The van der Waals surface area contributed by atoms with Crippen LogP contribution in [0.4, 0.5) is 26.3 Å². The Morgan fingerprint density at radius 3 is 2.07 bits per heavy atom. The molecule has 0 nitrogen and oxygen atoms in total. The molecule has 0 bridgehead atoms. The van der Waals surface area contributed by atoms with E-state index in [1.54, 1.807) is 0 Å². The molecule has 15 heavy (non-hydrogen) atoms. The average Bonchev–Trinajstić information content (AvgIpc) is 1.99. The molecule has 0 amide bonds. The van der Waals surface area contributed by atoms with E-state index in [0.717, 1.165) is 6.08 Å². The van der Waals surface area contributed by atoms with Crippen molar-refractivity contribution < 1.29 is 26.3 Å². The zero-order valence-electron chi connectivity index (χ0n) is 7.91. The van der Waals surface area contributed by atoms with Crippen molar-refractivity contribution in [1.29, 1.82) is 0 Å². The summed E-state index contributed by atoms with van der Waals surface area (Å²) in [6.07, 6.45) is -9.50. The highest BCUT2D eigenvalue weighted by Crippen LogP contribution is 2.44. The topological polar surface area (TPSA) is 0 Å². The van der Waals surface area contributed by atoms with E-state index in [-0.39, 0.29) is 6.42 Å². The van der Waals surface area contributed by atoms with Gasteiger partial charge in [0.15, 0.2) is 0 Å². The molecule has 0 aromatic rings. The van der Waals surface area contributed by atoms with Crippen molar-refractivity contribution in [1.82, 2.24) is 0 Å². The van der Waals surface area contributed by atoms with Gasteiger partial charge in [-0.15, -0.1) is 0 Å². The van der Waals surface area contributed by atoms with Crippen molar-refractivity contribution in [3.05, 3.63) is 11.6 Å². The first-order chi connectivity index (χ1) is 6.60. The first-order valence-electron chi connectivity index (χ1n) is 4.45. The van der Waals surface area contributed by atoms with Gasteiger partial charge in [-0.2, -0.15) is 26.3 Å². The molecule has 2 atom stereocenters. The minimum Gasteiger partial charge on any atom is -0.171 e. The minimum absolute atomic E-state index is 0.261. The zero-order valence-corrected chi connectivity index (χ0v) is 7.91. The molecule has 0 aliphatic heterocycles. The first-order valence-corrected chi connectivity index (χ1v) is 4.45. The number of halogens is 6. The van der Waals surface area contributed by atoms with Gasteiger partial charge >= 0.3 is 12.4 Å². The molecule has 0 saturated heterocycles. The van der Waals surface area contributed by atoms with Crippen LogP contribution >= 0.6 is 0 Å². The van der Waals surface area contributed by atoms with Crippen LogP contribution in [0, 0.1) is 5.92 Å². The second-order valence-corrected chi connectivity index (χ2v) is 3.85. The average molecular weight is 230 g/mol. The summed E-state index contributed by atoms with van der Waals surface area (Å²) in [5, 5.41) is 0. The molecule has 7 heteroatoms. The van der Waals surface area contributed by atoms with Crippen molar-refractivity contribution in [2.75, 3.05) is 0 Å². The van der Waals surface area contributed by atoms with E-state index in [9.17, 15) is 26.3 Å². The van der Waals surface area contributed by atoms with Gasteiger partial charge < -0.3 is 0 Å². The van der Waals surface area contributed by atoms with Crippen LogP contribution in [0.15, 0.2) is 11.6 Å². The quantitative estimate of drug-likeness (QED) is 0.341. The molecule has 0 fully saturated rings. The fourth-order valence-corrected chi connectivity index (χ4v) is 1.74. The van der Waals surface area contributed by atoms with Crippen LogP contribution in [0.3, 0.4) is 0 Å². The lowest BCUT2D eigenvalue weighted by Crippen LogP contribution is -2.30. The van der Waals surface area contributed by atoms with Crippen molar-refractivity contribution >= 4 is 7.85 Å². The largest absolute Gasteiger partial charge is 0.412 e. The SMILES string of the molecule is BC1C=C(C(F)(F)F)CC(C(F)(F)F)C1. The summed E-state index contributed by atoms with van der Waals surface area (Å²) in [5.74, 6) is -2.55. The molecule has 0 heterocycles. The third-order valence-electron chi connectivity index (χ3n) is 2.44. The number of allylic oxidation sites excluding steroid dienone is 2. The van der Waals surface area contributed by atoms with E-state index in [4.69, 9.17) is 0 Å². The van der Waals surface area contributed by atoms with Gasteiger partial charge in [0, 0.05) is 5.57 Å².